The van der Waals surface area contributed by atoms with Gasteiger partial charge in [-0.25, -0.2) is 19.6 Å². The van der Waals surface area contributed by atoms with Crippen molar-refractivity contribution in [3.05, 3.63) is 35.4 Å². The van der Waals surface area contributed by atoms with Gasteiger partial charge < -0.3 is 29.5 Å². The molecule has 11 nitrogen and oxygen atoms in total. The molecule has 2 aromatic heterocycles. The molecule has 0 aromatic carbocycles. The van der Waals surface area contributed by atoms with Crippen LogP contribution in [0.1, 0.15) is 55.5 Å². The summed E-state index contributed by atoms with van der Waals surface area (Å²) in [6.45, 7) is 5.92. The second kappa shape index (κ2) is 13.2. The van der Waals surface area contributed by atoms with Gasteiger partial charge in [0, 0.05) is 24.5 Å². The summed E-state index contributed by atoms with van der Waals surface area (Å²) in [5.41, 5.74) is 8.79. The van der Waals surface area contributed by atoms with Gasteiger partial charge in [0.15, 0.2) is 0 Å². The molecule has 2 aliphatic heterocycles. The molecule has 0 saturated carbocycles. The molecule has 0 aliphatic carbocycles. The van der Waals surface area contributed by atoms with E-state index in [9.17, 15) is 9.59 Å². The Bertz CT molecular complexity index is 974. The van der Waals surface area contributed by atoms with Crippen molar-refractivity contribution in [1.82, 2.24) is 19.1 Å². The Kier molecular flexibility index (Phi) is 11.3. The van der Waals surface area contributed by atoms with Gasteiger partial charge in [0.1, 0.15) is 11.7 Å². The van der Waals surface area contributed by atoms with Gasteiger partial charge in [-0.3, -0.25) is 0 Å². The topological polar surface area (TPSA) is 147 Å². The van der Waals surface area contributed by atoms with Crippen LogP contribution in [0.4, 0.5) is 0 Å². The average Bonchev–Trinajstić information content (AvgIpc) is 3.52. The highest BCUT2D eigenvalue weighted by Gasteiger charge is 2.27. The van der Waals surface area contributed by atoms with Gasteiger partial charge in [0.2, 0.25) is 5.71 Å². The number of halogens is 2. The van der Waals surface area contributed by atoms with Gasteiger partial charge in [-0.15, -0.1) is 24.8 Å². The summed E-state index contributed by atoms with van der Waals surface area (Å²) in [6.07, 6.45) is 7.31. The van der Waals surface area contributed by atoms with Gasteiger partial charge in [-0.05, 0) is 39.5 Å². The number of fused-ring (bicyclic) bond motifs is 2. The first-order valence-electron chi connectivity index (χ1n) is 10.4. The van der Waals surface area contributed by atoms with Crippen molar-refractivity contribution in [3.8, 4) is 0 Å². The number of ether oxygens (including phenoxy) is 2. The third-order valence-electron chi connectivity index (χ3n) is 5.18. The molecule has 2 aliphatic rings. The Labute approximate surface area is 204 Å². The maximum absolute atomic E-state index is 11.5. The SMILES string of the molecule is CCOC(=O)C(=NO)c1ncn2c1CCC2.CCOC(=O)C(N)c1ncn2c1CCC2.Cl.Cl. The molecule has 0 fully saturated rings. The van der Waals surface area contributed by atoms with Crippen LogP contribution in [0.5, 0.6) is 0 Å². The molecule has 1 atom stereocenters. The van der Waals surface area contributed by atoms with Crippen LogP contribution >= 0.6 is 24.8 Å². The number of oxime groups is 1. The fourth-order valence-electron chi connectivity index (χ4n) is 3.77. The Balaban J connectivity index is 0.000000312. The zero-order valence-corrected chi connectivity index (χ0v) is 20.2. The van der Waals surface area contributed by atoms with Crippen molar-refractivity contribution >= 4 is 42.5 Å². The number of aromatic nitrogens is 4. The number of aryl methyl sites for hydroxylation is 2. The first-order chi connectivity index (χ1) is 15.0. The number of carbonyl (C=O) groups excluding carboxylic acids is 2. The molecule has 0 bridgehead atoms. The number of carbonyl (C=O) groups is 2. The van der Waals surface area contributed by atoms with E-state index in [0.29, 0.717) is 18.0 Å². The van der Waals surface area contributed by atoms with Gasteiger partial charge in [0.25, 0.3) is 0 Å². The molecule has 0 amide bonds. The number of nitrogens with zero attached hydrogens (tertiary/aromatic N) is 5. The molecule has 13 heteroatoms. The normalized spacial score (nSPS) is 14.6. The zero-order valence-electron chi connectivity index (χ0n) is 18.6. The summed E-state index contributed by atoms with van der Waals surface area (Å²) in [6, 6.07) is -0.737. The Morgan fingerprint density at radius 3 is 2.24 bits per heavy atom. The molecular formula is C20H30Cl2N6O5. The van der Waals surface area contributed by atoms with Gasteiger partial charge in [0.05, 0.1) is 31.6 Å². The molecular weight excluding hydrogens is 475 g/mol. The maximum Gasteiger partial charge on any atom is 0.362 e. The molecule has 2 aromatic rings. The predicted octanol–water partition coefficient (Wildman–Crippen LogP) is 1.81. The summed E-state index contributed by atoms with van der Waals surface area (Å²) >= 11 is 0. The fourth-order valence-corrected chi connectivity index (χ4v) is 3.77. The summed E-state index contributed by atoms with van der Waals surface area (Å²) in [4.78, 5) is 31.2. The molecule has 184 valence electrons. The Hall–Kier alpha value is -2.63. The van der Waals surface area contributed by atoms with Crippen molar-refractivity contribution in [3.63, 3.8) is 0 Å². The summed E-state index contributed by atoms with van der Waals surface area (Å²) in [7, 11) is 0. The van der Waals surface area contributed by atoms with Gasteiger partial charge in [-0.1, -0.05) is 5.16 Å². The third-order valence-corrected chi connectivity index (χ3v) is 5.18. The van der Waals surface area contributed by atoms with E-state index >= 15 is 0 Å². The lowest BCUT2D eigenvalue weighted by molar-refractivity contribution is -0.145. The number of imidazole rings is 2. The number of hydrogen-bond donors (Lipinski definition) is 2. The predicted molar refractivity (Wildman–Crippen MR) is 124 cm³/mol. The standard InChI is InChI=1S/C10H13N3O3.C10H15N3O2.2ClH/c1-2-16-10(14)9(12-15)8-7-4-3-5-13(7)6-11-8;1-2-15-10(14)8(11)9-7-4-3-5-13(7)6-12-9;;/h6,15H,2-5H2,1H3;6,8H,2-5,11H2,1H3;2*1H. The van der Waals surface area contributed by atoms with Crippen LogP contribution in [0, 0.1) is 0 Å². The minimum absolute atomic E-state index is 0. The minimum Gasteiger partial charge on any atom is -0.465 e. The summed E-state index contributed by atoms with van der Waals surface area (Å²) < 4.78 is 13.7. The van der Waals surface area contributed by atoms with Crippen LogP contribution < -0.4 is 5.73 Å². The van der Waals surface area contributed by atoms with E-state index in [-0.39, 0.29) is 37.1 Å². The van der Waals surface area contributed by atoms with Crippen LogP contribution in [0.15, 0.2) is 17.8 Å². The molecule has 33 heavy (non-hydrogen) atoms. The van der Waals surface area contributed by atoms with Crippen LogP contribution in [0.3, 0.4) is 0 Å². The van der Waals surface area contributed by atoms with Gasteiger partial charge in [-0.2, -0.15) is 0 Å². The van der Waals surface area contributed by atoms with Crippen LogP contribution in [0.2, 0.25) is 0 Å². The Morgan fingerprint density at radius 1 is 1.06 bits per heavy atom. The van der Waals surface area contributed by atoms with Gasteiger partial charge >= 0.3 is 11.9 Å². The first-order valence-corrected chi connectivity index (χ1v) is 10.4. The largest absolute Gasteiger partial charge is 0.465 e. The molecule has 4 heterocycles. The van der Waals surface area contributed by atoms with E-state index in [1.54, 1.807) is 26.5 Å². The van der Waals surface area contributed by atoms with E-state index in [4.69, 9.17) is 20.4 Å². The minimum atomic E-state index is -0.737. The monoisotopic (exact) mass is 504 g/mol. The third kappa shape index (κ3) is 6.24. The fraction of sp³-hybridized carbons (Fsp3) is 0.550. The number of nitrogens with two attached hydrogens (primary N) is 1. The summed E-state index contributed by atoms with van der Waals surface area (Å²) in [5, 5.41) is 11.9. The van der Waals surface area contributed by atoms with Crippen LogP contribution in [-0.4, -0.2) is 55.2 Å². The molecule has 0 radical (unpaired) electrons. The highest BCUT2D eigenvalue weighted by Crippen LogP contribution is 2.22. The molecule has 3 N–H and O–H groups in total. The van der Waals surface area contributed by atoms with Crippen LogP contribution in [0.25, 0.3) is 0 Å². The maximum atomic E-state index is 11.5. The van der Waals surface area contributed by atoms with E-state index in [1.807, 2.05) is 4.57 Å². The second-order valence-electron chi connectivity index (χ2n) is 7.11. The van der Waals surface area contributed by atoms with E-state index in [2.05, 4.69) is 19.7 Å². The Morgan fingerprint density at radius 2 is 1.64 bits per heavy atom. The smallest absolute Gasteiger partial charge is 0.362 e. The highest BCUT2D eigenvalue weighted by molar-refractivity contribution is 6.42. The van der Waals surface area contributed by atoms with Crippen LogP contribution in [-0.2, 0) is 45.0 Å². The average molecular weight is 505 g/mol. The van der Waals surface area contributed by atoms with Crippen molar-refractivity contribution in [2.24, 2.45) is 10.9 Å². The lowest BCUT2D eigenvalue weighted by atomic mass is 10.1. The van der Waals surface area contributed by atoms with E-state index in [0.717, 1.165) is 50.2 Å². The zero-order chi connectivity index (χ0) is 22.4. The highest BCUT2D eigenvalue weighted by atomic mass is 35.5. The van der Waals surface area contributed by atoms with Crippen molar-refractivity contribution < 1.29 is 24.3 Å². The lowest BCUT2D eigenvalue weighted by Crippen LogP contribution is -2.25. The van der Waals surface area contributed by atoms with E-state index < -0.39 is 18.0 Å². The number of hydrogen-bond acceptors (Lipinski definition) is 9. The van der Waals surface area contributed by atoms with Crippen molar-refractivity contribution in [2.75, 3.05) is 13.2 Å². The number of rotatable bonds is 6. The first kappa shape index (κ1) is 28.4. The summed E-state index contributed by atoms with van der Waals surface area (Å²) in [5.74, 6) is -1.04. The quantitative estimate of drug-likeness (QED) is 0.262. The second-order valence-corrected chi connectivity index (χ2v) is 7.11. The van der Waals surface area contributed by atoms with E-state index in [1.165, 1.54) is 0 Å². The molecule has 1 unspecified atom stereocenters. The van der Waals surface area contributed by atoms with Crippen molar-refractivity contribution in [2.45, 2.75) is 58.7 Å². The molecule has 0 spiro atoms. The molecule has 4 rings (SSSR count). The van der Waals surface area contributed by atoms with Crippen molar-refractivity contribution in [1.29, 1.82) is 0 Å². The number of esters is 2. The lowest BCUT2D eigenvalue weighted by Gasteiger charge is -2.09. The molecule has 0 saturated heterocycles.